The van der Waals surface area contributed by atoms with Crippen LogP contribution in [0.1, 0.15) is 18.1 Å². The largest absolute Gasteiger partial charge is 0.439 e. The second-order valence-corrected chi connectivity index (χ2v) is 5.92. The minimum atomic E-state index is 0.599. The highest BCUT2D eigenvalue weighted by atomic mass is 16.4. The summed E-state index contributed by atoms with van der Waals surface area (Å²) in [5, 5.41) is 11.5. The molecular formula is C17H19N5O. The van der Waals surface area contributed by atoms with Gasteiger partial charge in [-0.1, -0.05) is 30.3 Å². The number of oxazole rings is 1. The highest BCUT2D eigenvalue weighted by Crippen LogP contribution is 2.20. The summed E-state index contributed by atoms with van der Waals surface area (Å²) in [5.74, 6) is 3.24. The van der Waals surface area contributed by atoms with E-state index in [0.717, 1.165) is 49.0 Å². The Bertz CT molecular complexity index is 764. The summed E-state index contributed by atoms with van der Waals surface area (Å²) >= 11 is 0. The van der Waals surface area contributed by atoms with E-state index in [1.165, 1.54) is 0 Å². The Labute approximate surface area is 134 Å². The molecule has 0 fully saturated rings. The first kappa shape index (κ1) is 14.1. The van der Waals surface area contributed by atoms with Gasteiger partial charge in [0.05, 0.1) is 12.7 Å². The molecule has 0 bridgehead atoms. The van der Waals surface area contributed by atoms with E-state index in [9.17, 15) is 0 Å². The van der Waals surface area contributed by atoms with Crippen LogP contribution in [0.5, 0.6) is 0 Å². The predicted octanol–water partition coefficient (Wildman–Crippen LogP) is 2.29. The summed E-state index contributed by atoms with van der Waals surface area (Å²) in [4.78, 5) is 4.35. The Morgan fingerprint density at radius 1 is 1.26 bits per heavy atom. The average Bonchev–Trinajstić information content (AvgIpc) is 3.24. The molecule has 23 heavy (non-hydrogen) atoms. The van der Waals surface area contributed by atoms with Gasteiger partial charge < -0.3 is 14.3 Å². The highest BCUT2D eigenvalue weighted by Gasteiger charge is 2.19. The first-order valence-corrected chi connectivity index (χ1v) is 7.96. The number of hydrogen-bond acceptors (Lipinski definition) is 5. The van der Waals surface area contributed by atoms with E-state index in [1.54, 1.807) is 6.20 Å². The molecule has 1 aromatic carbocycles. The summed E-state index contributed by atoms with van der Waals surface area (Å²) in [6.45, 7) is 2.58. The lowest BCUT2D eigenvalue weighted by atomic mass is 9.99. The van der Waals surface area contributed by atoms with Crippen molar-refractivity contribution < 1.29 is 4.42 Å². The van der Waals surface area contributed by atoms with Crippen LogP contribution in [0, 0.1) is 5.92 Å². The number of benzene rings is 1. The molecule has 3 heterocycles. The number of aromatic nitrogens is 4. The smallest absolute Gasteiger partial charge is 0.208 e. The molecule has 1 N–H and O–H groups in total. The Kier molecular flexibility index (Phi) is 3.90. The fourth-order valence-corrected chi connectivity index (χ4v) is 3.01. The third-order valence-corrected chi connectivity index (χ3v) is 4.25. The normalized spacial score (nSPS) is 17.1. The SMILES string of the molecule is c1ccc(-c2cnc(CNC[C@H]3CCc4nncn4C3)o2)cc1. The standard InChI is InChI=1S/C17H19N5O/c1-2-4-14(5-3-1)15-9-19-17(23-15)10-18-8-13-6-7-16-21-20-12-22(16)11-13/h1-5,9,12-13,18H,6-8,10-11H2/t13-/m1/s1. The summed E-state index contributed by atoms with van der Waals surface area (Å²) < 4.78 is 7.95. The zero-order valence-electron chi connectivity index (χ0n) is 12.9. The van der Waals surface area contributed by atoms with E-state index < -0.39 is 0 Å². The minimum absolute atomic E-state index is 0.599. The summed E-state index contributed by atoms with van der Waals surface area (Å²) in [5.41, 5.74) is 1.05. The number of nitrogens with zero attached hydrogens (tertiary/aromatic N) is 4. The molecule has 4 rings (SSSR count). The van der Waals surface area contributed by atoms with Gasteiger partial charge in [-0.3, -0.25) is 0 Å². The van der Waals surface area contributed by atoms with Crippen molar-refractivity contribution in [1.29, 1.82) is 0 Å². The second-order valence-electron chi connectivity index (χ2n) is 5.92. The molecule has 6 nitrogen and oxygen atoms in total. The van der Waals surface area contributed by atoms with Gasteiger partial charge in [0.2, 0.25) is 5.89 Å². The van der Waals surface area contributed by atoms with Crippen molar-refractivity contribution in [1.82, 2.24) is 25.1 Å². The van der Waals surface area contributed by atoms with E-state index in [0.29, 0.717) is 12.5 Å². The molecule has 3 aromatic rings. The van der Waals surface area contributed by atoms with Crippen LogP contribution < -0.4 is 5.32 Å². The van der Waals surface area contributed by atoms with Crippen molar-refractivity contribution in [2.75, 3.05) is 6.54 Å². The van der Waals surface area contributed by atoms with Crippen LogP contribution in [-0.4, -0.2) is 26.3 Å². The van der Waals surface area contributed by atoms with Crippen molar-refractivity contribution in [2.24, 2.45) is 5.92 Å². The Morgan fingerprint density at radius 2 is 2.17 bits per heavy atom. The summed E-state index contributed by atoms with van der Waals surface area (Å²) in [6.07, 6.45) is 5.76. The lowest BCUT2D eigenvalue weighted by molar-refractivity contribution is 0.340. The van der Waals surface area contributed by atoms with Crippen LogP contribution >= 0.6 is 0 Å². The van der Waals surface area contributed by atoms with Crippen LogP contribution in [0.15, 0.2) is 47.3 Å². The lowest BCUT2D eigenvalue weighted by Gasteiger charge is -2.22. The average molecular weight is 309 g/mol. The number of aryl methyl sites for hydroxylation is 1. The number of fused-ring (bicyclic) bond motifs is 1. The molecule has 0 aliphatic carbocycles. The molecule has 0 radical (unpaired) electrons. The van der Waals surface area contributed by atoms with Gasteiger partial charge in [-0.2, -0.15) is 0 Å². The third-order valence-electron chi connectivity index (χ3n) is 4.25. The Morgan fingerprint density at radius 3 is 3.09 bits per heavy atom. The molecule has 1 aliphatic heterocycles. The Hall–Kier alpha value is -2.47. The summed E-state index contributed by atoms with van der Waals surface area (Å²) in [7, 11) is 0. The second kappa shape index (κ2) is 6.34. The number of hydrogen-bond donors (Lipinski definition) is 1. The third kappa shape index (κ3) is 3.17. The zero-order valence-corrected chi connectivity index (χ0v) is 12.9. The maximum atomic E-state index is 5.80. The first-order valence-electron chi connectivity index (χ1n) is 7.96. The molecule has 0 spiro atoms. The molecule has 1 aliphatic rings. The van der Waals surface area contributed by atoms with Crippen LogP contribution in [0.2, 0.25) is 0 Å². The molecule has 118 valence electrons. The molecule has 0 saturated carbocycles. The maximum Gasteiger partial charge on any atom is 0.208 e. The van der Waals surface area contributed by atoms with Crippen LogP contribution in [0.3, 0.4) is 0 Å². The van der Waals surface area contributed by atoms with E-state index in [-0.39, 0.29) is 0 Å². The van der Waals surface area contributed by atoms with Gasteiger partial charge in [-0.25, -0.2) is 4.98 Å². The molecular weight excluding hydrogens is 290 g/mol. The molecule has 0 saturated heterocycles. The summed E-state index contributed by atoms with van der Waals surface area (Å²) in [6, 6.07) is 10.0. The fraction of sp³-hybridized carbons (Fsp3) is 0.353. The van der Waals surface area contributed by atoms with Crippen molar-refractivity contribution in [3.05, 3.63) is 54.6 Å². The number of rotatable bonds is 5. The quantitative estimate of drug-likeness (QED) is 0.783. The fourth-order valence-electron chi connectivity index (χ4n) is 3.01. The van der Waals surface area contributed by atoms with Crippen LogP contribution in [0.4, 0.5) is 0 Å². The van der Waals surface area contributed by atoms with Crippen LogP contribution in [-0.2, 0) is 19.5 Å². The van der Waals surface area contributed by atoms with E-state index >= 15 is 0 Å². The highest BCUT2D eigenvalue weighted by molar-refractivity contribution is 5.55. The van der Waals surface area contributed by atoms with E-state index in [2.05, 4.69) is 25.1 Å². The Balaban J connectivity index is 1.30. The van der Waals surface area contributed by atoms with E-state index in [1.807, 2.05) is 36.7 Å². The van der Waals surface area contributed by atoms with Gasteiger partial charge in [0, 0.05) is 25.1 Å². The first-order chi connectivity index (χ1) is 11.4. The minimum Gasteiger partial charge on any atom is -0.439 e. The van der Waals surface area contributed by atoms with Crippen LogP contribution in [0.25, 0.3) is 11.3 Å². The molecule has 6 heteroatoms. The molecule has 1 atom stereocenters. The lowest BCUT2D eigenvalue weighted by Crippen LogP contribution is -2.29. The van der Waals surface area contributed by atoms with Gasteiger partial charge in [0.25, 0.3) is 0 Å². The van der Waals surface area contributed by atoms with Crippen molar-refractivity contribution >= 4 is 0 Å². The van der Waals surface area contributed by atoms with Gasteiger partial charge in [-0.15, -0.1) is 10.2 Å². The maximum absolute atomic E-state index is 5.80. The molecule has 0 amide bonds. The molecule has 2 aromatic heterocycles. The van der Waals surface area contributed by atoms with Gasteiger partial charge in [0.1, 0.15) is 12.2 Å². The van der Waals surface area contributed by atoms with Crippen molar-refractivity contribution in [2.45, 2.75) is 25.9 Å². The van der Waals surface area contributed by atoms with Gasteiger partial charge >= 0.3 is 0 Å². The number of nitrogens with one attached hydrogen (secondary N) is 1. The van der Waals surface area contributed by atoms with Crippen molar-refractivity contribution in [3.63, 3.8) is 0 Å². The zero-order chi connectivity index (χ0) is 15.5. The van der Waals surface area contributed by atoms with Gasteiger partial charge in [0.15, 0.2) is 5.76 Å². The predicted molar refractivity (Wildman–Crippen MR) is 85.5 cm³/mol. The van der Waals surface area contributed by atoms with Crippen molar-refractivity contribution in [3.8, 4) is 11.3 Å². The van der Waals surface area contributed by atoms with Gasteiger partial charge in [-0.05, 0) is 12.3 Å². The monoisotopic (exact) mass is 309 g/mol. The van der Waals surface area contributed by atoms with E-state index in [4.69, 9.17) is 4.42 Å². The molecule has 0 unspecified atom stereocenters. The topological polar surface area (TPSA) is 68.8 Å².